The molecule has 22 heavy (non-hydrogen) atoms. The fraction of sp³-hybridized carbons (Fsp3) is 0.529. The number of ether oxygens (including phenoxy) is 1. The number of amides is 2. The van der Waals surface area contributed by atoms with Crippen molar-refractivity contribution in [3.63, 3.8) is 0 Å². The molecule has 2 amide bonds. The number of hydrogen-bond donors (Lipinski definition) is 1. The molecule has 0 radical (unpaired) electrons. The van der Waals surface area contributed by atoms with Crippen molar-refractivity contribution < 1.29 is 14.3 Å². The normalized spacial score (nSPS) is 17.9. The number of aryl methyl sites for hydroxylation is 1. The van der Waals surface area contributed by atoms with Crippen molar-refractivity contribution in [1.82, 2.24) is 10.2 Å². The van der Waals surface area contributed by atoms with Crippen LogP contribution in [-0.4, -0.2) is 36.6 Å². The zero-order chi connectivity index (χ0) is 15.9. The van der Waals surface area contributed by atoms with Crippen molar-refractivity contribution >= 4 is 12.0 Å². The first-order valence-corrected chi connectivity index (χ1v) is 7.85. The van der Waals surface area contributed by atoms with Gasteiger partial charge in [-0.05, 0) is 37.8 Å². The predicted octanol–water partition coefficient (Wildman–Crippen LogP) is 2.48. The number of hydrogen-bond acceptors (Lipinski definition) is 3. The van der Waals surface area contributed by atoms with E-state index in [1.54, 1.807) is 11.8 Å². The summed E-state index contributed by atoms with van der Waals surface area (Å²) in [5.74, 6) is -0.392. The number of nitrogens with one attached hydrogen (secondary N) is 1. The molecule has 1 aliphatic rings. The van der Waals surface area contributed by atoms with Crippen molar-refractivity contribution in [3.05, 3.63) is 35.4 Å². The summed E-state index contributed by atoms with van der Waals surface area (Å²) in [6, 6.07) is 7.87. The second-order valence-electron chi connectivity index (χ2n) is 5.62. The molecule has 1 fully saturated rings. The number of rotatable bonds is 4. The molecule has 0 aliphatic carbocycles. The first-order valence-electron chi connectivity index (χ1n) is 7.85. The molecule has 5 heteroatoms. The second-order valence-corrected chi connectivity index (χ2v) is 5.62. The molecule has 1 heterocycles. The minimum absolute atomic E-state index is 0.114. The van der Waals surface area contributed by atoms with Gasteiger partial charge in [0.25, 0.3) is 0 Å². The van der Waals surface area contributed by atoms with E-state index in [9.17, 15) is 9.59 Å². The third kappa shape index (κ3) is 4.23. The van der Waals surface area contributed by atoms with Gasteiger partial charge in [0.2, 0.25) is 0 Å². The third-order valence-corrected chi connectivity index (χ3v) is 4.02. The van der Waals surface area contributed by atoms with E-state index < -0.39 is 0 Å². The molecule has 1 aromatic carbocycles. The zero-order valence-electron chi connectivity index (χ0n) is 13.3. The van der Waals surface area contributed by atoms with Gasteiger partial charge in [0.05, 0.1) is 12.5 Å². The quantitative estimate of drug-likeness (QED) is 0.869. The molecule has 1 atom stereocenters. The number of urea groups is 1. The number of carbonyl (C=O) groups is 2. The molecule has 0 saturated carbocycles. The van der Waals surface area contributed by atoms with Gasteiger partial charge in [-0.1, -0.05) is 24.3 Å². The van der Waals surface area contributed by atoms with Crippen LogP contribution in [0.1, 0.15) is 30.9 Å². The molecule has 2 rings (SSSR count). The SMILES string of the molecule is CCOC(=O)C1CCCN(C(=O)NCc2ccccc2C)C1. The topological polar surface area (TPSA) is 58.6 Å². The van der Waals surface area contributed by atoms with Gasteiger partial charge in [-0.25, -0.2) is 4.79 Å². The highest BCUT2D eigenvalue weighted by molar-refractivity contribution is 5.77. The van der Waals surface area contributed by atoms with E-state index in [-0.39, 0.29) is 17.9 Å². The Morgan fingerprint density at radius 2 is 2.14 bits per heavy atom. The number of carbonyl (C=O) groups excluding carboxylic acids is 2. The van der Waals surface area contributed by atoms with E-state index >= 15 is 0 Å². The Labute approximate surface area is 131 Å². The molecular weight excluding hydrogens is 280 g/mol. The minimum Gasteiger partial charge on any atom is -0.466 e. The monoisotopic (exact) mass is 304 g/mol. The molecule has 1 unspecified atom stereocenters. The smallest absolute Gasteiger partial charge is 0.317 e. The second kappa shape index (κ2) is 7.82. The molecule has 1 N–H and O–H groups in total. The van der Waals surface area contributed by atoms with Gasteiger partial charge in [0.15, 0.2) is 0 Å². The molecule has 0 spiro atoms. The maximum Gasteiger partial charge on any atom is 0.317 e. The van der Waals surface area contributed by atoms with Gasteiger partial charge >= 0.3 is 12.0 Å². The highest BCUT2D eigenvalue weighted by Crippen LogP contribution is 2.18. The minimum atomic E-state index is -0.196. The number of nitrogens with zero attached hydrogens (tertiary/aromatic N) is 1. The highest BCUT2D eigenvalue weighted by atomic mass is 16.5. The van der Waals surface area contributed by atoms with E-state index in [0.29, 0.717) is 26.2 Å². The van der Waals surface area contributed by atoms with Crippen LogP contribution in [0.5, 0.6) is 0 Å². The summed E-state index contributed by atoms with van der Waals surface area (Å²) in [6.45, 7) is 5.85. The van der Waals surface area contributed by atoms with Gasteiger partial charge in [0.1, 0.15) is 0 Å². The average Bonchev–Trinajstić information content (AvgIpc) is 2.54. The largest absolute Gasteiger partial charge is 0.466 e. The first-order chi connectivity index (χ1) is 10.6. The average molecular weight is 304 g/mol. The van der Waals surface area contributed by atoms with E-state index in [2.05, 4.69) is 5.32 Å². The Bertz CT molecular complexity index is 530. The van der Waals surface area contributed by atoms with Crippen LogP contribution in [-0.2, 0) is 16.1 Å². The summed E-state index contributed by atoms with van der Waals surface area (Å²) < 4.78 is 5.06. The Hall–Kier alpha value is -2.04. The van der Waals surface area contributed by atoms with Gasteiger partial charge < -0.3 is 15.0 Å². The number of piperidine rings is 1. The summed E-state index contributed by atoms with van der Waals surface area (Å²) in [4.78, 5) is 25.8. The molecule has 1 saturated heterocycles. The van der Waals surface area contributed by atoms with Gasteiger partial charge in [-0.2, -0.15) is 0 Å². The third-order valence-electron chi connectivity index (χ3n) is 4.02. The maximum absolute atomic E-state index is 12.3. The van der Waals surface area contributed by atoms with Crippen LogP contribution in [0.15, 0.2) is 24.3 Å². The summed E-state index contributed by atoms with van der Waals surface area (Å²) in [5.41, 5.74) is 2.26. The van der Waals surface area contributed by atoms with Crippen molar-refractivity contribution in [3.8, 4) is 0 Å². The van der Waals surface area contributed by atoms with Crippen LogP contribution in [0, 0.1) is 12.8 Å². The van der Waals surface area contributed by atoms with Crippen LogP contribution in [0.4, 0.5) is 4.79 Å². The maximum atomic E-state index is 12.3. The molecule has 1 aliphatic heterocycles. The molecule has 5 nitrogen and oxygen atoms in total. The first kappa shape index (κ1) is 16.3. The summed E-state index contributed by atoms with van der Waals surface area (Å²) in [5, 5.41) is 2.94. The van der Waals surface area contributed by atoms with Crippen LogP contribution < -0.4 is 5.32 Å². The van der Waals surface area contributed by atoms with Crippen molar-refractivity contribution in [1.29, 1.82) is 0 Å². The predicted molar refractivity (Wildman–Crippen MR) is 84.3 cm³/mol. The van der Waals surface area contributed by atoms with Crippen molar-refractivity contribution in [2.24, 2.45) is 5.92 Å². The summed E-state index contributed by atoms with van der Waals surface area (Å²) in [6.07, 6.45) is 1.63. The van der Waals surface area contributed by atoms with Crippen molar-refractivity contribution in [2.75, 3.05) is 19.7 Å². The number of esters is 1. The van der Waals surface area contributed by atoms with E-state index in [1.165, 1.54) is 0 Å². The van der Waals surface area contributed by atoms with Crippen LogP contribution in [0.3, 0.4) is 0 Å². The van der Waals surface area contributed by atoms with Crippen LogP contribution in [0.25, 0.3) is 0 Å². The molecule has 1 aromatic rings. The lowest BCUT2D eigenvalue weighted by Crippen LogP contribution is -2.47. The van der Waals surface area contributed by atoms with Gasteiger partial charge in [-0.3, -0.25) is 4.79 Å². The fourth-order valence-corrected chi connectivity index (χ4v) is 2.71. The Kier molecular flexibility index (Phi) is 5.81. The summed E-state index contributed by atoms with van der Waals surface area (Å²) >= 11 is 0. The molecular formula is C17H24N2O3. The lowest BCUT2D eigenvalue weighted by atomic mass is 9.98. The van der Waals surface area contributed by atoms with Crippen LogP contribution in [0.2, 0.25) is 0 Å². The van der Waals surface area contributed by atoms with Crippen molar-refractivity contribution in [2.45, 2.75) is 33.2 Å². The molecule has 0 aromatic heterocycles. The van der Waals surface area contributed by atoms with Gasteiger partial charge in [0, 0.05) is 19.6 Å². The Morgan fingerprint density at radius 1 is 1.36 bits per heavy atom. The fourth-order valence-electron chi connectivity index (χ4n) is 2.71. The van der Waals surface area contributed by atoms with E-state index in [0.717, 1.165) is 24.0 Å². The van der Waals surface area contributed by atoms with Crippen LogP contribution >= 0.6 is 0 Å². The van der Waals surface area contributed by atoms with Gasteiger partial charge in [-0.15, -0.1) is 0 Å². The highest BCUT2D eigenvalue weighted by Gasteiger charge is 2.29. The van der Waals surface area contributed by atoms with E-state index in [4.69, 9.17) is 4.74 Å². The Balaban J connectivity index is 1.87. The van der Waals surface area contributed by atoms with E-state index in [1.807, 2.05) is 31.2 Å². The molecule has 120 valence electrons. The lowest BCUT2D eigenvalue weighted by molar-refractivity contribution is -0.149. The Morgan fingerprint density at radius 3 is 2.86 bits per heavy atom. The zero-order valence-corrected chi connectivity index (χ0v) is 13.3. The molecule has 0 bridgehead atoms. The number of benzene rings is 1. The standard InChI is InChI=1S/C17H24N2O3/c1-3-22-16(20)15-9-6-10-19(12-15)17(21)18-11-14-8-5-4-7-13(14)2/h4-5,7-8,15H,3,6,9-12H2,1-2H3,(H,18,21). The summed E-state index contributed by atoms with van der Waals surface area (Å²) in [7, 11) is 0. The lowest BCUT2D eigenvalue weighted by Gasteiger charge is -2.31. The number of likely N-dealkylation sites (tertiary alicyclic amines) is 1.